The van der Waals surface area contributed by atoms with Crippen LogP contribution in [0.3, 0.4) is 0 Å². The number of nitrogens with zero attached hydrogens (tertiary/aromatic N) is 1. The predicted molar refractivity (Wildman–Crippen MR) is 86.5 cm³/mol. The second-order valence-electron chi connectivity index (χ2n) is 6.08. The summed E-state index contributed by atoms with van der Waals surface area (Å²) in [6.07, 6.45) is 0.825. The van der Waals surface area contributed by atoms with E-state index in [1.54, 1.807) is 26.1 Å². The molecule has 21 heavy (non-hydrogen) atoms. The Bertz CT molecular complexity index is 458. The number of ether oxygens (including phenoxy) is 1. The summed E-state index contributed by atoms with van der Waals surface area (Å²) >= 11 is 0. The topological polar surface area (TPSA) is 41.6 Å². The van der Waals surface area contributed by atoms with Crippen molar-refractivity contribution < 1.29 is 9.53 Å². The lowest BCUT2D eigenvalue weighted by atomic mass is 10.00. The fourth-order valence-electron chi connectivity index (χ4n) is 2.33. The molecule has 1 rings (SSSR count). The lowest BCUT2D eigenvalue weighted by molar-refractivity contribution is -0.131. The third-order valence-corrected chi connectivity index (χ3v) is 3.49. The Morgan fingerprint density at radius 3 is 2.48 bits per heavy atom. The van der Waals surface area contributed by atoms with E-state index in [1.165, 1.54) is 0 Å². The SMILES string of the molecule is COc1cccc(C(C)NC(CC(C)C)C(=O)N(C)C)c1. The van der Waals surface area contributed by atoms with Crippen LogP contribution in [0.15, 0.2) is 24.3 Å². The van der Waals surface area contributed by atoms with Gasteiger partial charge in [0.15, 0.2) is 0 Å². The van der Waals surface area contributed by atoms with Crippen molar-refractivity contribution in [2.75, 3.05) is 21.2 Å². The maximum atomic E-state index is 12.3. The normalized spacial score (nSPS) is 13.9. The first kappa shape index (κ1) is 17.5. The molecular formula is C17H28N2O2. The summed E-state index contributed by atoms with van der Waals surface area (Å²) in [7, 11) is 5.26. The summed E-state index contributed by atoms with van der Waals surface area (Å²) in [6.45, 7) is 6.34. The van der Waals surface area contributed by atoms with Crippen LogP contribution in [0.25, 0.3) is 0 Å². The Morgan fingerprint density at radius 1 is 1.29 bits per heavy atom. The van der Waals surface area contributed by atoms with Crippen molar-refractivity contribution in [3.8, 4) is 5.75 Å². The van der Waals surface area contributed by atoms with Gasteiger partial charge in [-0.2, -0.15) is 0 Å². The van der Waals surface area contributed by atoms with Crippen molar-refractivity contribution in [2.45, 2.75) is 39.3 Å². The number of amides is 1. The van der Waals surface area contributed by atoms with E-state index in [2.05, 4.69) is 26.1 Å². The molecule has 1 aromatic rings. The van der Waals surface area contributed by atoms with Crippen LogP contribution in [0.2, 0.25) is 0 Å². The molecule has 0 aliphatic rings. The van der Waals surface area contributed by atoms with E-state index in [1.807, 2.05) is 24.3 Å². The number of nitrogens with one attached hydrogen (secondary N) is 1. The molecule has 0 aromatic heterocycles. The minimum atomic E-state index is -0.166. The van der Waals surface area contributed by atoms with Gasteiger partial charge in [-0.15, -0.1) is 0 Å². The molecule has 4 nitrogen and oxygen atoms in total. The van der Waals surface area contributed by atoms with Crippen molar-refractivity contribution in [2.24, 2.45) is 5.92 Å². The van der Waals surface area contributed by atoms with Gasteiger partial charge in [-0.3, -0.25) is 10.1 Å². The fraction of sp³-hybridized carbons (Fsp3) is 0.588. The van der Waals surface area contributed by atoms with E-state index < -0.39 is 0 Å². The van der Waals surface area contributed by atoms with E-state index in [4.69, 9.17) is 4.74 Å². The number of carbonyl (C=O) groups excluding carboxylic acids is 1. The van der Waals surface area contributed by atoms with Crippen LogP contribution in [0.1, 0.15) is 38.8 Å². The minimum Gasteiger partial charge on any atom is -0.497 e. The summed E-state index contributed by atoms with van der Waals surface area (Å²) in [5.74, 6) is 1.42. The van der Waals surface area contributed by atoms with E-state index in [-0.39, 0.29) is 18.0 Å². The van der Waals surface area contributed by atoms with Crippen molar-refractivity contribution in [1.82, 2.24) is 10.2 Å². The molecular weight excluding hydrogens is 264 g/mol. The van der Waals surface area contributed by atoms with Crippen LogP contribution in [-0.2, 0) is 4.79 Å². The van der Waals surface area contributed by atoms with Gasteiger partial charge in [-0.05, 0) is 37.0 Å². The first-order valence-corrected chi connectivity index (χ1v) is 7.46. The lowest BCUT2D eigenvalue weighted by Crippen LogP contribution is -2.45. The van der Waals surface area contributed by atoms with Crippen LogP contribution < -0.4 is 10.1 Å². The van der Waals surface area contributed by atoms with Crippen LogP contribution in [0.5, 0.6) is 5.75 Å². The van der Waals surface area contributed by atoms with Gasteiger partial charge in [0.05, 0.1) is 13.2 Å². The first-order chi connectivity index (χ1) is 9.85. The largest absolute Gasteiger partial charge is 0.497 e. The molecule has 1 amide bonds. The van der Waals surface area contributed by atoms with Crippen molar-refractivity contribution in [3.05, 3.63) is 29.8 Å². The van der Waals surface area contributed by atoms with Gasteiger partial charge in [-0.25, -0.2) is 0 Å². The number of methoxy groups -OCH3 is 1. The third kappa shape index (κ3) is 5.38. The van der Waals surface area contributed by atoms with Crippen LogP contribution in [0, 0.1) is 5.92 Å². The smallest absolute Gasteiger partial charge is 0.239 e. The molecule has 1 N–H and O–H groups in total. The summed E-state index contributed by atoms with van der Waals surface area (Å²) in [5.41, 5.74) is 1.12. The zero-order valence-electron chi connectivity index (χ0n) is 14.0. The second kappa shape index (κ2) is 8.03. The zero-order chi connectivity index (χ0) is 16.0. The average molecular weight is 292 g/mol. The summed E-state index contributed by atoms with van der Waals surface area (Å²) in [4.78, 5) is 14.0. The molecule has 0 bridgehead atoms. The Hall–Kier alpha value is -1.55. The Kier molecular flexibility index (Phi) is 6.69. The van der Waals surface area contributed by atoms with Gasteiger partial charge in [0.1, 0.15) is 5.75 Å². The van der Waals surface area contributed by atoms with E-state index in [9.17, 15) is 4.79 Å². The van der Waals surface area contributed by atoms with Crippen molar-refractivity contribution >= 4 is 5.91 Å². The summed E-state index contributed by atoms with van der Waals surface area (Å²) < 4.78 is 5.26. The van der Waals surface area contributed by atoms with Gasteiger partial charge in [-0.1, -0.05) is 26.0 Å². The number of hydrogen-bond acceptors (Lipinski definition) is 3. The van der Waals surface area contributed by atoms with Crippen LogP contribution in [-0.4, -0.2) is 38.1 Å². The van der Waals surface area contributed by atoms with Crippen LogP contribution >= 0.6 is 0 Å². The molecule has 2 unspecified atom stereocenters. The molecule has 0 spiro atoms. The molecule has 118 valence electrons. The highest BCUT2D eigenvalue weighted by molar-refractivity contribution is 5.81. The molecule has 4 heteroatoms. The third-order valence-electron chi connectivity index (χ3n) is 3.49. The number of rotatable bonds is 7. The monoisotopic (exact) mass is 292 g/mol. The number of benzene rings is 1. The highest BCUT2D eigenvalue weighted by atomic mass is 16.5. The van der Waals surface area contributed by atoms with Crippen molar-refractivity contribution in [3.63, 3.8) is 0 Å². The molecule has 0 heterocycles. The maximum absolute atomic E-state index is 12.3. The molecule has 0 saturated heterocycles. The quantitative estimate of drug-likeness (QED) is 0.840. The van der Waals surface area contributed by atoms with E-state index in [0.717, 1.165) is 17.7 Å². The average Bonchev–Trinajstić information content (AvgIpc) is 2.45. The molecule has 0 aliphatic heterocycles. The standard InChI is InChI=1S/C17H28N2O2/c1-12(2)10-16(17(20)19(4)5)18-13(3)14-8-7-9-15(11-14)21-6/h7-9,11-13,16,18H,10H2,1-6H3. The van der Waals surface area contributed by atoms with Gasteiger partial charge >= 0.3 is 0 Å². The Morgan fingerprint density at radius 2 is 1.95 bits per heavy atom. The predicted octanol–water partition coefficient (Wildman–Crippen LogP) is 2.85. The van der Waals surface area contributed by atoms with E-state index >= 15 is 0 Å². The van der Waals surface area contributed by atoms with Gasteiger partial charge < -0.3 is 9.64 Å². The van der Waals surface area contributed by atoms with Crippen molar-refractivity contribution in [1.29, 1.82) is 0 Å². The van der Waals surface area contributed by atoms with Gasteiger partial charge in [0.25, 0.3) is 0 Å². The highest BCUT2D eigenvalue weighted by Crippen LogP contribution is 2.20. The zero-order valence-corrected chi connectivity index (χ0v) is 14.0. The molecule has 0 radical (unpaired) electrons. The first-order valence-electron chi connectivity index (χ1n) is 7.46. The summed E-state index contributed by atoms with van der Waals surface area (Å²) in [5, 5.41) is 3.45. The molecule has 0 saturated carbocycles. The highest BCUT2D eigenvalue weighted by Gasteiger charge is 2.23. The molecule has 0 aliphatic carbocycles. The second-order valence-corrected chi connectivity index (χ2v) is 6.08. The summed E-state index contributed by atoms with van der Waals surface area (Å²) in [6, 6.07) is 7.87. The fourth-order valence-corrected chi connectivity index (χ4v) is 2.33. The number of likely N-dealkylation sites (N-methyl/N-ethyl adjacent to an activating group) is 1. The number of hydrogen-bond donors (Lipinski definition) is 1. The minimum absolute atomic E-state index is 0.0905. The Balaban J connectivity index is 2.83. The van der Waals surface area contributed by atoms with Gasteiger partial charge in [0.2, 0.25) is 5.91 Å². The van der Waals surface area contributed by atoms with Crippen LogP contribution in [0.4, 0.5) is 0 Å². The Labute approximate surface area is 128 Å². The molecule has 0 fully saturated rings. The number of carbonyl (C=O) groups is 1. The van der Waals surface area contributed by atoms with E-state index in [0.29, 0.717) is 5.92 Å². The molecule has 2 atom stereocenters. The maximum Gasteiger partial charge on any atom is 0.239 e. The van der Waals surface area contributed by atoms with Gasteiger partial charge in [0, 0.05) is 20.1 Å². The molecule has 1 aromatic carbocycles. The lowest BCUT2D eigenvalue weighted by Gasteiger charge is -2.27.